The van der Waals surface area contributed by atoms with E-state index in [0.29, 0.717) is 17.1 Å². The number of carbonyl (C=O) groups is 2. The number of imide groups is 1. The maximum atomic E-state index is 12.6. The van der Waals surface area contributed by atoms with Gasteiger partial charge in [-0.2, -0.15) is 0 Å². The van der Waals surface area contributed by atoms with Crippen molar-refractivity contribution in [2.24, 2.45) is 0 Å². The molecule has 0 radical (unpaired) electrons. The molecule has 1 atom stereocenters. The van der Waals surface area contributed by atoms with Gasteiger partial charge < -0.3 is 10.1 Å². The average Bonchev–Trinajstić information content (AvgIpc) is 2.82. The smallest absolute Gasteiger partial charge is 0.256 e. The summed E-state index contributed by atoms with van der Waals surface area (Å²) in [4.78, 5) is 26.2. The molecule has 5 heteroatoms. The molecule has 2 amide bonds. The number of hydrogen-bond acceptors (Lipinski definition) is 4. The number of rotatable bonds is 4. The van der Waals surface area contributed by atoms with Crippen molar-refractivity contribution in [3.63, 3.8) is 0 Å². The summed E-state index contributed by atoms with van der Waals surface area (Å²) >= 11 is 0. The highest BCUT2D eigenvalue weighted by Crippen LogP contribution is 2.29. The molecule has 23 heavy (non-hydrogen) atoms. The molecule has 5 nitrogen and oxygen atoms in total. The Bertz CT molecular complexity index is 757. The van der Waals surface area contributed by atoms with Crippen LogP contribution < -0.4 is 15.0 Å². The second-order valence-electron chi connectivity index (χ2n) is 5.51. The molecule has 1 heterocycles. The number of carbonyl (C=O) groups excluding carboxylic acids is 2. The van der Waals surface area contributed by atoms with Crippen LogP contribution in [-0.2, 0) is 9.59 Å². The summed E-state index contributed by atoms with van der Waals surface area (Å²) < 4.78 is 5.27. The van der Waals surface area contributed by atoms with Gasteiger partial charge in [0.2, 0.25) is 5.91 Å². The summed E-state index contributed by atoms with van der Waals surface area (Å²) in [6.07, 6.45) is 0.130. The second kappa shape index (κ2) is 6.12. The van der Waals surface area contributed by atoms with Gasteiger partial charge in [0.1, 0.15) is 11.8 Å². The maximum Gasteiger partial charge on any atom is 0.256 e. The molecule has 1 N–H and O–H groups in total. The molecule has 0 spiro atoms. The lowest BCUT2D eigenvalue weighted by molar-refractivity contribution is -0.121. The van der Waals surface area contributed by atoms with E-state index in [0.717, 1.165) is 5.56 Å². The first-order valence-corrected chi connectivity index (χ1v) is 7.43. The molecule has 0 aromatic heterocycles. The Hall–Kier alpha value is -2.82. The fraction of sp³-hybridized carbons (Fsp3) is 0.222. The van der Waals surface area contributed by atoms with E-state index in [1.165, 1.54) is 4.90 Å². The number of ether oxygens (including phenoxy) is 1. The number of anilines is 2. The van der Waals surface area contributed by atoms with Crippen molar-refractivity contribution in [3.8, 4) is 5.75 Å². The first-order valence-electron chi connectivity index (χ1n) is 7.43. The lowest BCUT2D eigenvalue weighted by Gasteiger charge is -2.17. The van der Waals surface area contributed by atoms with E-state index in [-0.39, 0.29) is 18.2 Å². The fourth-order valence-electron chi connectivity index (χ4n) is 2.73. The van der Waals surface area contributed by atoms with Crippen LogP contribution in [0.4, 0.5) is 11.4 Å². The number of nitrogens with zero attached hydrogens (tertiary/aromatic N) is 1. The van der Waals surface area contributed by atoms with Crippen LogP contribution in [0.2, 0.25) is 0 Å². The predicted octanol–water partition coefficient (Wildman–Crippen LogP) is 2.75. The summed E-state index contributed by atoms with van der Waals surface area (Å²) in [7, 11) is 1.57. The Labute approximate surface area is 134 Å². The summed E-state index contributed by atoms with van der Waals surface area (Å²) in [5.74, 6) is 0.196. The Morgan fingerprint density at radius 2 is 1.91 bits per heavy atom. The summed E-state index contributed by atoms with van der Waals surface area (Å²) in [5.41, 5.74) is 2.32. The van der Waals surface area contributed by atoms with Crippen LogP contribution in [-0.4, -0.2) is 25.0 Å². The number of amides is 2. The summed E-state index contributed by atoms with van der Waals surface area (Å²) in [5, 5.41) is 3.12. The lowest BCUT2D eigenvalue weighted by atomic mass is 10.2. The summed E-state index contributed by atoms with van der Waals surface area (Å²) in [6, 6.07) is 14.1. The van der Waals surface area contributed by atoms with Crippen molar-refractivity contribution < 1.29 is 14.3 Å². The van der Waals surface area contributed by atoms with Gasteiger partial charge in [0, 0.05) is 0 Å². The maximum absolute atomic E-state index is 12.6. The zero-order valence-corrected chi connectivity index (χ0v) is 13.1. The molecule has 2 aromatic rings. The molecular weight excluding hydrogens is 292 g/mol. The van der Waals surface area contributed by atoms with Crippen LogP contribution in [0.25, 0.3) is 0 Å². The third-order valence-corrected chi connectivity index (χ3v) is 3.84. The SMILES string of the molecule is COc1ccccc1N[C@@H]1CC(=O)N(c2cccc(C)c2)C1=O. The second-order valence-corrected chi connectivity index (χ2v) is 5.51. The van der Waals surface area contributed by atoms with E-state index in [9.17, 15) is 9.59 Å². The zero-order chi connectivity index (χ0) is 16.4. The van der Waals surface area contributed by atoms with E-state index in [4.69, 9.17) is 4.74 Å². The highest BCUT2D eigenvalue weighted by Gasteiger charge is 2.39. The standard InChI is InChI=1S/C18H18N2O3/c1-12-6-5-7-13(10-12)20-17(21)11-15(18(20)22)19-14-8-3-4-9-16(14)23-2/h3-10,15,19H,11H2,1-2H3/t15-/m1/s1. The van der Waals surface area contributed by atoms with E-state index in [2.05, 4.69) is 5.32 Å². The molecule has 1 fully saturated rings. The van der Waals surface area contributed by atoms with Gasteiger partial charge in [-0.05, 0) is 36.8 Å². The van der Waals surface area contributed by atoms with Gasteiger partial charge in [0.25, 0.3) is 5.91 Å². The molecule has 118 valence electrons. The van der Waals surface area contributed by atoms with Crippen LogP contribution in [0.3, 0.4) is 0 Å². The van der Waals surface area contributed by atoms with Gasteiger partial charge in [0.15, 0.2) is 0 Å². The van der Waals surface area contributed by atoms with Crippen LogP contribution >= 0.6 is 0 Å². The Kier molecular flexibility index (Phi) is 4.02. The molecule has 1 aliphatic rings. The largest absolute Gasteiger partial charge is 0.495 e. The molecule has 1 saturated heterocycles. The van der Waals surface area contributed by atoms with Crippen molar-refractivity contribution >= 4 is 23.2 Å². The summed E-state index contributed by atoms with van der Waals surface area (Å²) in [6.45, 7) is 1.93. The molecule has 0 saturated carbocycles. The third kappa shape index (κ3) is 2.90. The van der Waals surface area contributed by atoms with Crippen LogP contribution in [0.1, 0.15) is 12.0 Å². The van der Waals surface area contributed by atoms with Gasteiger partial charge in [-0.15, -0.1) is 0 Å². The average molecular weight is 310 g/mol. The monoisotopic (exact) mass is 310 g/mol. The normalized spacial score (nSPS) is 17.5. The van der Waals surface area contributed by atoms with Crippen molar-refractivity contribution in [1.82, 2.24) is 0 Å². The number of benzene rings is 2. The van der Waals surface area contributed by atoms with E-state index >= 15 is 0 Å². The van der Waals surface area contributed by atoms with Crippen LogP contribution in [0.5, 0.6) is 5.75 Å². The highest BCUT2D eigenvalue weighted by molar-refractivity contribution is 6.23. The molecule has 0 aliphatic carbocycles. The number of methoxy groups -OCH3 is 1. The van der Waals surface area contributed by atoms with Crippen LogP contribution in [0, 0.1) is 6.92 Å². The Morgan fingerprint density at radius 3 is 2.65 bits per heavy atom. The third-order valence-electron chi connectivity index (χ3n) is 3.84. The van der Waals surface area contributed by atoms with Gasteiger partial charge in [-0.3, -0.25) is 9.59 Å². The number of aryl methyl sites for hydroxylation is 1. The number of nitrogens with one attached hydrogen (secondary N) is 1. The first-order chi connectivity index (χ1) is 11.1. The van der Waals surface area contributed by atoms with E-state index in [1.54, 1.807) is 13.2 Å². The van der Waals surface area contributed by atoms with E-state index in [1.807, 2.05) is 49.4 Å². The minimum Gasteiger partial charge on any atom is -0.495 e. The van der Waals surface area contributed by atoms with Crippen LogP contribution in [0.15, 0.2) is 48.5 Å². The van der Waals surface area contributed by atoms with Crippen molar-refractivity contribution in [1.29, 1.82) is 0 Å². The van der Waals surface area contributed by atoms with Gasteiger partial charge in [0.05, 0.1) is 24.9 Å². The highest BCUT2D eigenvalue weighted by atomic mass is 16.5. The Morgan fingerprint density at radius 1 is 1.13 bits per heavy atom. The molecular formula is C18H18N2O3. The fourth-order valence-corrected chi connectivity index (χ4v) is 2.73. The molecule has 3 rings (SSSR count). The zero-order valence-electron chi connectivity index (χ0n) is 13.1. The molecule has 1 aliphatic heterocycles. The number of para-hydroxylation sites is 2. The minimum absolute atomic E-state index is 0.130. The Balaban J connectivity index is 1.84. The van der Waals surface area contributed by atoms with Crippen molar-refractivity contribution in [3.05, 3.63) is 54.1 Å². The van der Waals surface area contributed by atoms with Crippen molar-refractivity contribution in [2.45, 2.75) is 19.4 Å². The van der Waals surface area contributed by atoms with E-state index < -0.39 is 6.04 Å². The minimum atomic E-state index is -0.584. The first kappa shape index (κ1) is 15.1. The lowest BCUT2D eigenvalue weighted by Crippen LogP contribution is -2.34. The predicted molar refractivity (Wildman–Crippen MR) is 88.7 cm³/mol. The molecule has 2 aromatic carbocycles. The number of hydrogen-bond donors (Lipinski definition) is 1. The topological polar surface area (TPSA) is 58.6 Å². The van der Waals surface area contributed by atoms with Crippen molar-refractivity contribution in [2.75, 3.05) is 17.3 Å². The van der Waals surface area contributed by atoms with Gasteiger partial charge >= 0.3 is 0 Å². The molecule has 0 unspecified atom stereocenters. The van der Waals surface area contributed by atoms with Gasteiger partial charge in [-0.1, -0.05) is 24.3 Å². The molecule has 0 bridgehead atoms. The van der Waals surface area contributed by atoms with Gasteiger partial charge in [-0.25, -0.2) is 4.90 Å². The quantitative estimate of drug-likeness (QED) is 0.882.